The molecule has 16 heavy (non-hydrogen) atoms. The number of halogens is 3. The van der Waals surface area contributed by atoms with Crippen molar-refractivity contribution >= 4 is 29.0 Å². The number of hydrogen-bond acceptors (Lipinski definition) is 1. The Balaban J connectivity index is 2.85. The average molecular weight is 263 g/mol. The van der Waals surface area contributed by atoms with E-state index in [0.717, 1.165) is 0 Å². The topological polar surface area (TPSA) is 17.1 Å². The largest absolute Gasteiger partial charge is 0.300 e. The minimum atomic E-state index is -0.452. The smallest absolute Gasteiger partial charge is 0.142 e. The third-order valence-electron chi connectivity index (χ3n) is 2.53. The number of carbonyl (C=O) groups is 1. The highest BCUT2D eigenvalue weighted by atomic mass is 35.5. The van der Waals surface area contributed by atoms with Gasteiger partial charge in [0.2, 0.25) is 0 Å². The van der Waals surface area contributed by atoms with Gasteiger partial charge in [0.05, 0.1) is 5.02 Å². The van der Waals surface area contributed by atoms with E-state index < -0.39 is 5.82 Å². The van der Waals surface area contributed by atoms with E-state index in [0.29, 0.717) is 24.3 Å². The molecule has 0 bridgehead atoms. The molecule has 0 saturated heterocycles. The Hall–Kier alpha value is -0.600. The Kier molecular flexibility index (Phi) is 5.23. The molecule has 1 unspecified atom stereocenters. The monoisotopic (exact) mass is 262 g/mol. The summed E-state index contributed by atoms with van der Waals surface area (Å²) in [6, 6.07) is 4.63. The normalized spacial score (nSPS) is 12.5. The summed E-state index contributed by atoms with van der Waals surface area (Å²) < 4.78 is 13.2. The molecule has 0 spiro atoms. The molecular weight excluding hydrogens is 250 g/mol. The maximum Gasteiger partial charge on any atom is 0.142 e. The SMILES string of the molecule is CC(=O)C(CCCl)Cc1cccc(F)c1Cl. The summed E-state index contributed by atoms with van der Waals surface area (Å²) in [4.78, 5) is 11.3. The molecule has 0 aliphatic rings. The summed E-state index contributed by atoms with van der Waals surface area (Å²) >= 11 is 11.4. The van der Waals surface area contributed by atoms with Gasteiger partial charge in [0.15, 0.2) is 0 Å². The van der Waals surface area contributed by atoms with Crippen molar-refractivity contribution in [3.8, 4) is 0 Å². The van der Waals surface area contributed by atoms with Crippen LogP contribution in [0.4, 0.5) is 4.39 Å². The van der Waals surface area contributed by atoms with Crippen LogP contribution in [-0.2, 0) is 11.2 Å². The fraction of sp³-hybridized carbons (Fsp3) is 0.417. The number of benzene rings is 1. The van der Waals surface area contributed by atoms with Gasteiger partial charge in [0, 0.05) is 11.8 Å². The van der Waals surface area contributed by atoms with E-state index in [2.05, 4.69) is 0 Å². The van der Waals surface area contributed by atoms with E-state index in [1.807, 2.05) is 0 Å². The van der Waals surface area contributed by atoms with Gasteiger partial charge in [0.25, 0.3) is 0 Å². The highest BCUT2D eigenvalue weighted by Crippen LogP contribution is 2.24. The molecule has 1 atom stereocenters. The maximum absolute atomic E-state index is 13.2. The predicted molar refractivity (Wildman–Crippen MR) is 64.6 cm³/mol. The first kappa shape index (κ1) is 13.5. The zero-order chi connectivity index (χ0) is 12.1. The lowest BCUT2D eigenvalue weighted by atomic mass is 9.93. The second-order valence-corrected chi connectivity index (χ2v) is 4.46. The second-order valence-electron chi connectivity index (χ2n) is 3.70. The number of hydrogen-bond donors (Lipinski definition) is 0. The fourth-order valence-electron chi connectivity index (χ4n) is 1.55. The van der Waals surface area contributed by atoms with Crippen LogP contribution in [0.5, 0.6) is 0 Å². The summed E-state index contributed by atoms with van der Waals surface area (Å²) in [5, 5.41) is 0.100. The first-order valence-electron chi connectivity index (χ1n) is 5.05. The van der Waals surface area contributed by atoms with E-state index in [-0.39, 0.29) is 16.7 Å². The molecule has 4 heteroatoms. The minimum Gasteiger partial charge on any atom is -0.300 e. The molecule has 0 saturated carbocycles. The van der Waals surface area contributed by atoms with E-state index in [1.165, 1.54) is 13.0 Å². The highest BCUT2D eigenvalue weighted by Gasteiger charge is 2.16. The Morgan fingerprint density at radius 1 is 1.50 bits per heavy atom. The standard InChI is InChI=1S/C12H13Cl2FO/c1-8(16)9(5-6-13)7-10-3-2-4-11(15)12(10)14/h2-4,9H,5-7H2,1H3. The zero-order valence-corrected chi connectivity index (χ0v) is 10.5. The quantitative estimate of drug-likeness (QED) is 0.737. The van der Waals surface area contributed by atoms with Gasteiger partial charge in [-0.25, -0.2) is 4.39 Å². The molecule has 1 rings (SSSR count). The van der Waals surface area contributed by atoms with Crippen molar-refractivity contribution in [3.05, 3.63) is 34.6 Å². The molecule has 0 aliphatic heterocycles. The Morgan fingerprint density at radius 3 is 2.75 bits per heavy atom. The predicted octanol–water partition coefficient (Wildman–Crippen LogP) is 3.86. The Bertz CT molecular complexity index is 379. The van der Waals surface area contributed by atoms with Crippen LogP contribution in [0.25, 0.3) is 0 Å². The van der Waals surface area contributed by atoms with E-state index in [1.54, 1.807) is 12.1 Å². The Morgan fingerprint density at radius 2 is 2.19 bits per heavy atom. The first-order chi connectivity index (χ1) is 7.56. The molecule has 1 aromatic rings. The van der Waals surface area contributed by atoms with Crippen molar-refractivity contribution in [3.63, 3.8) is 0 Å². The van der Waals surface area contributed by atoms with E-state index >= 15 is 0 Å². The highest BCUT2D eigenvalue weighted by molar-refractivity contribution is 6.31. The fourth-order valence-corrected chi connectivity index (χ4v) is 2.02. The van der Waals surface area contributed by atoms with Crippen LogP contribution in [-0.4, -0.2) is 11.7 Å². The van der Waals surface area contributed by atoms with Gasteiger partial charge in [-0.15, -0.1) is 11.6 Å². The van der Waals surface area contributed by atoms with Crippen molar-refractivity contribution in [1.29, 1.82) is 0 Å². The summed E-state index contributed by atoms with van der Waals surface area (Å²) in [5.41, 5.74) is 0.659. The van der Waals surface area contributed by atoms with E-state index in [9.17, 15) is 9.18 Å². The van der Waals surface area contributed by atoms with Gasteiger partial charge < -0.3 is 0 Å². The molecule has 0 radical (unpaired) electrons. The molecule has 0 aliphatic carbocycles. The molecule has 88 valence electrons. The van der Waals surface area contributed by atoms with Gasteiger partial charge in [-0.05, 0) is 31.4 Å². The van der Waals surface area contributed by atoms with Crippen LogP contribution in [0, 0.1) is 11.7 Å². The third kappa shape index (κ3) is 3.46. The van der Waals surface area contributed by atoms with Crippen LogP contribution in [0.3, 0.4) is 0 Å². The molecular formula is C12H13Cl2FO. The third-order valence-corrected chi connectivity index (χ3v) is 3.17. The first-order valence-corrected chi connectivity index (χ1v) is 5.96. The average Bonchev–Trinajstić information content (AvgIpc) is 2.23. The Labute approximate surface area is 105 Å². The van der Waals surface area contributed by atoms with Crippen molar-refractivity contribution in [1.82, 2.24) is 0 Å². The number of ketones is 1. The maximum atomic E-state index is 13.2. The van der Waals surface area contributed by atoms with E-state index in [4.69, 9.17) is 23.2 Å². The second kappa shape index (κ2) is 6.21. The lowest BCUT2D eigenvalue weighted by molar-refractivity contribution is -0.120. The summed E-state index contributed by atoms with van der Waals surface area (Å²) in [7, 11) is 0. The molecule has 1 nitrogen and oxygen atoms in total. The molecule has 0 fully saturated rings. The van der Waals surface area contributed by atoms with Gasteiger partial charge in [0.1, 0.15) is 11.6 Å². The number of rotatable bonds is 5. The van der Waals surface area contributed by atoms with Gasteiger partial charge in [-0.2, -0.15) is 0 Å². The van der Waals surface area contributed by atoms with Crippen molar-refractivity contribution in [2.24, 2.45) is 5.92 Å². The summed E-state index contributed by atoms with van der Waals surface area (Å²) in [6.45, 7) is 1.52. The minimum absolute atomic E-state index is 0.0565. The lowest BCUT2D eigenvalue weighted by Gasteiger charge is -2.13. The van der Waals surface area contributed by atoms with Crippen molar-refractivity contribution in [2.45, 2.75) is 19.8 Å². The van der Waals surface area contributed by atoms with Crippen LogP contribution >= 0.6 is 23.2 Å². The lowest BCUT2D eigenvalue weighted by Crippen LogP contribution is -2.15. The van der Waals surface area contributed by atoms with Crippen molar-refractivity contribution < 1.29 is 9.18 Å². The summed E-state index contributed by atoms with van der Waals surface area (Å²) in [5.74, 6) is -0.165. The number of Topliss-reactive ketones (excluding diaryl/α,β-unsaturated/α-hetero) is 1. The van der Waals surface area contributed by atoms with Crippen LogP contribution in [0.15, 0.2) is 18.2 Å². The molecule has 1 aromatic carbocycles. The van der Waals surface area contributed by atoms with Gasteiger partial charge >= 0.3 is 0 Å². The number of alkyl halides is 1. The molecule has 0 amide bonds. The molecule has 0 N–H and O–H groups in total. The van der Waals surface area contributed by atoms with Crippen LogP contribution in [0.1, 0.15) is 18.9 Å². The molecule has 0 heterocycles. The zero-order valence-electron chi connectivity index (χ0n) is 8.97. The summed E-state index contributed by atoms with van der Waals surface area (Å²) in [6.07, 6.45) is 1.03. The van der Waals surface area contributed by atoms with Gasteiger partial charge in [-0.1, -0.05) is 23.7 Å². The van der Waals surface area contributed by atoms with Crippen LogP contribution < -0.4 is 0 Å². The van der Waals surface area contributed by atoms with Gasteiger partial charge in [-0.3, -0.25) is 4.79 Å². The molecule has 0 aromatic heterocycles. The number of carbonyl (C=O) groups excluding carboxylic acids is 1. The van der Waals surface area contributed by atoms with Crippen molar-refractivity contribution in [2.75, 3.05) is 5.88 Å². The van der Waals surface area contributed by atoms with Crippen LogP contribution in [0.2, 0.25) is 5.02 Å².